The van der Waals surface area contributed by atoms with Crippen molar-refractivity contribution in [1.82, 2.24) is 15.1 Å². The molecule has 0 aliphatic carbocycles. The maximum atomic E-state index is 9.17. The molecule has 2 unspecified atom stereocenters. The Hall–Kier alpha value is -0.910. The van der Waals surface area contributed by atoms with Gasteiger partial charge in [0.1, 0.15) is 5.82 Å². The SMILES string of the molecule is CN1CC(Nc2ccc(Cl)nn2)CCC1CO. The number of likely N-dealkylation sites (N-methyl/N-ethyl adjacent to an activating group) is 1. The van der Waals surface area contributed by atoms with E-state index in [4.69, 9.17) is 16.7 Å². The van der Waals surface area contributed by atoms with Gasteiger partial charge in [0.05, 0.1) is 6.61 Å². The van der Waals surface area contributed by atoms with Crippen molar-refractivity contribution in [3.63, 3.8) is 0 Å². The molecule has 0 spiro atoms. The van der Waals surface area contributed by atoms with Gasteiger partial charge in [0, 0.05) is 18.6 Å². The summed E-state index contributed by atoms with van der Waals surface area (Å²) in [6, 6.07) is 4.18. The molecule has 1 saturated heterocycles. The van der Waals surface area contributed by atoms with Crippen LogP contribution in [0.3, 0.4) is 0 Å². The van der Waals surface area contributed by atoms with Crippen molar-refractivity contribution in [3.8, 4) is 0 Å². The zero-order chi connectivity index (χ0) is 12.3. The molecule has 2 N–H and O–H groups in total. The van der Waals surface area contributed by atoms with Crippen molar-refractivity contribution >= 4 is 17.4 Å². The van der Waals surface area contributed by atoms with Crippen molar-refractivity contribution < 1.29 is 5.11 Å². The van der Waals surface area contributed by atoms with Gasteiger partial charge in [-0.15, -0.1) is 10.2 Å². The first-order chi connectivity index (χ1) is 8.19. The molecule has 0 bridgehead atoms. The Bertz CT molecular complexity index is 359. The standard InChI is InChI=1S/C11H17ClN4O/c1-16-6-8(2-3-9(16)7-17)13-11-5-4-10(12)14-15-11/h4-5,8-9,17H,2-3,6-7H2,1H3,(H,13,15). The zero-order valence-electron chi connectivity index (χ0n) is 9.80. The van der Waals surface area contributed by atoms with E-state index in [2.05, 4.69) is 20.4 Å². The number of halogens is 1. The summed E-state index contributed by atoms with van der Waals surface area (Å²) in [6.45, 7) is 1.12. The van der Waals surface area contributed by atoms with Crippen molar-refractivity contribution in [3.05, 3.63) is 17.3 Å². The van der Waals surface area contributed by atoms with Gasteiger partial charge in [0.25, 0.3) is 0 Å². The molecule has 0 aromatic carbocycles. The molecule has 1 aromatic heterocycles. The van der Waals surface area contributed by atoms with E-state index in [1.165, 1.54) is 0 Å². The largest absolute Gasteiger partial charge is 0.395 e. The highest BCUT2D eigenvalue weighted by atomic mass is 35.5. The van der Waals surface area contributed by atoms with E-state index in [9.17, 15) is 0 Å². The molecule has 2 heterocycles. The molecule has 1 fully saturated rings. The maximum absolute atomic E-state index is 9.17. The quantitative estimate of drug-likeness (QED) is 0.845. The summed E-state index contributed by atoms with van der Waals surface area (Å²) in [7, 11) is 2.03. The number of aliphatic hydroxyl groups excluding tert-OH is 1. The fourth-order valence-corrected chi connectivity index (χ4v) is 2.25. The second kappa shape index (κ2) is 5.62. The van der Waals surface area contributed by atoms with E-state index in [0.717, 1.165) is 25.2 Å². The number of hydrogen-bond donors (Lipinski definition) is 2. The molecular weight excluding hydrogens is 240 g/mol. The lowest BCUT2D eigenvalue weighted by molar-refractivity contribution is 0.108. The Morgan fingerprint density at radius 1 is 1.47 bits per heavy atom. The number of nitrogens with one attached hydrogen (secondary N) is 1. The van der Waals surface area contributed by atoms with Crippen LogP contribution in [0, 0.1) is 0 Å². The number of aromatic nitrogens is 2. The summed E-state index contributed by atoms with van der Waals surface area (Å²) in [5.41, 5.74) is 0. The number of hydrogen-bond acceptors (Lipinski definition) is 5. The third-order valence-corrected chi connectivity index (χ3v) is 3.38. The summed E-state index contributed by atoms with van der Waals surface area (Å²) in [4.78, 5) is 2.17. The summed E-state index contributed by atoms with van der Waals surface area (Å²) in [5.74, 6) is 0.746. The molecule has 0 radical (unpaired) electrons. The number of aliphatic hydroxyl groups is 1. The number of anilines is 1. The van der Waals surface area contributed by atoms with E-state index in [1.807, 2.05) is 13.1 Å². The minimum atomic E-state index is 0.226. The third kappa shape index (κ3) is 3.28. The maximum Gasteiger partial charge on any atom is 0.151 e. The number of piperidine rings is 1. The monoisotopic (exact) mass is 256 g/mol. The molecule has 0 saturated carbocycles. The van der Waals surface area contributed by atoms with Crippen LogP contribution in [-0.4, -0.2) is 52.5 Å². The molecule has 1 aromatic rings. The first-order valence-corrected chi connectivity index (χ1v) is 6.13. The highest BCUT2D eigenvalue weighted by Gasteiger charge is 2.24. The van der Waals surface area contributed by atoms with Crippen LogP contribution in [0.15, 0.2) is 12.1 Å². The highest BCUT2D eigenvalue weighted by molar-refractivity contribution is 6.29. The molecule has 2 rings (SSSR count). The van der Waals surface area contributed by atoms with Crippen LogP contribution >= 0.6 is 11.6 Å². The first kappa shape index (κ1) is 12.5. The van der Waals surface area contributed by atoms with Crippen LogP contribution in [0.1, 0.15) is 12.8 Å². The van der Waals surface area contributed by atoms with Crippen LogP contribution in [0.4, 0.5) is 5.82 Å². The van der Waals surface area contributed by atoms with Crippen LogP contribution in [0.25, 0.3) is 0 Å². The smallest absolute Gasteiger partial charge is 0.151 e. The van der Waals surface area contributed by atoms with Crippen molar-refractivity contribution in [2.24, 2.45) is 0 Å². The van der Waals surface area contributed by atoms with Crippen molar-refractivity contribution in [2.75, 3.05) is 25.5 Å². The van der Waals surface area contributed by atoms with Gasteiger partial charge in [-0.05, 0) is 32.0 Å². The van der Waals surface area contributed by atoms with Crippen LogP contribution in [-0.2, 0) is 0 Å². The summed E-state index contributed by atoms with van der Waals surface area (Å²) < 4.78 is 0. The highest BCUT2D eigenvalue weighted by Crippen LogP contribution is 2.18. The van der Waals surface area contributed by atoms with Gasteiger partial charge in [-0.25, -0.2) is 0 Å². The van der Waals surface area contributed by atoms with Gasteiger partial charge in [0.15, 0.2) is 5.15 Å². The molecule has 0 amide bonds. The average Bonchev–Trinajstić information content (AvgIpc) is 2.32. The predicted molar refractivity (Wildman–Crippen MR) is 67.2 cm³/mol. The number of nitrogens with zero attached hydrogens (tertiary/aromatic N) is 3. The normalized spacial score (nSPS) is 25.8. The molecule has 2 atom stereocenters. The van der Waals surface area contributed by atoms with Crippen LogP contribution < -0.4 is 5.32 Å². The summed E-state index contributed by atoms with van der Waals surface area (Å²) in [5, 5.41) is 20.7. The zero-order valence-corrected chi connectivity index (χ0v) is 10.6. The van der Waals surface area contributed by atoms with Gasteiger partial charge >= 0.3 is 0 Å². The minimum absolute atomic E-state index is 0.226. The fourth-order valence-electron chi connectivity index (χ4n) is 2.15. The number of rotatable bonds is 3. The molecule has 1 aliphatic rings. The van der Waals surface area contributed by atoms with E-state index in [0.29, 0.717) is 11.2 Å². The minimum Gasteiger partial charge on any atom is -0.395 e. The Kier molecular flexibility index (Phi) is 4.15. The first-order valence-electron chi connectivity index (χ1n) is 5.76. The fraction of sp³-hybridized carbons (Fsp3) is 0.636. The topological polar surface area (TPSA) is 61.3 Å². The van der Waals surface area contributed by atoms with E-state index in [-0.39, 0.29) is 12.6 Å². The van der Waals surface area contributed by atoms with Crippen molar-refractivity contribution in [1.29, 1.82) is 0 Å². The van der Waals surface area contributed by atoms with E-state index >= 15 is 0 Å². The predicted octanol–water partition coefficient (Wildman–Crippen LogP) is 0.997. The second-order valence-corrected chi connectivity index (χ2v) is 4.82. The van der Waals surface area contributed by atoms with Gasteiger partial charge in [-0.3, -0.25) is 4.90 Å². The Morgan fingerprint density at radius 2 is 2.29 bits per heavy atom. The molecule has 94 valence electrons. The van der Waals surface area contributed by atoms with E-state index in [1.54, 1.807) is 6.07 Å². The lowest BCUT2D eigenvalue weighted by Crippen LogP contribution is -2.47. The van der Waals surface area contributed by atoms with Gasteiger partial charge in [-0.2, -0.15) is 0 Å². The summed E-state index contributed by atoms with van der Waals surface area (Å²) >= 11 is 5.68. The van der Waals surface area contributed by atoms with E-state index < -0.39 is 0 Å². The Labute approximate surface area is 106 Å². The second-order valence-electron chi connectivity index (χ2n) is 4.44. The Morgan fingerprint density at radius 3 is 2.88 bits per heavy atom. The third-order valence-electron chi connectivity index (χ3n) is 3.17. The lowest BCUT2D eigenvalue weighted by Gasteiger charge is -2.36. The van der Waals surface area contributed by atoms with Crippen molar-refractivity contribution in [2.45, 2.75) is 24.9 Å². The van der Waals surface area contributed by atoms with Gasteiger partial charge < -0.3 is 10.4 Å². The molecule has 5 nitrogen and oxygen atoms in total. The number of likely N-dealkylation sites (tertiary alicyclic amines) is 1. The van der Waals surface area contributed by atoms with Gasteiger partial charge in [-0.1, -0.05) is 11.6 Å². The lowest BCUT2D eigenvalue weighted by atomic mass is 9.99. The van der Waals surface area contributed by atoms with Crippen LogP contribution in [0.2, 0.25) is 5.15 Å². The molecule has 6 heteroatoms. The van der Waals surface area contributed by atoms with Gasteiger partial charge in [0.2, 0.25) is 0 Å². The molecule has 1 aliphatic heterocycles. The van der Waals surface area contributed by atoms with Crippen LogP contribution in [0.5, 0.6) is 0 Å². The molecular formula is C11H17ClN4O. The average molecular weight is 257 g/mol. The molecule has 17 heavy (non-hydrogen) atoms. The summed E-state index contributed by atoms with van der Waals surface area (Å²) in [6.07, 6.45) is 2.02. The Balaban J connectivity index is 1.90.